The Labute approximate surface area is 75.4 Å². The van der Waals surface area contributed by atoms with E-state index in [4.69, 9.17) is 10.8 Å². The maximum absolute atomic E-state index is 8.28. The summed E-state index contributed by atoms with van der Waals surface area (Å²) in [5.41, 5.74) is 9.56. The van der Waals surface area contributed by atoms with E-state index in [-0.39, 0.29) is 0 Å². The first-order chi connectivity index (χ1) is 6.36. The maximum Gasteiger partial charge on any atom is 0.0912 e. The van der Waals surface area contributed by atoms with Crippen LogP contribution in [0.4, 0.5) is 5.69 Å². The van der Waals surface area contributed by atoms with Crippen molar-refractivity contribution < 1.29 is 0 Å². The van der Waals surface area contributed by atoms with E-state index in [0.29, 0.717) is 5.69 Å². The standard InChI is InChI=1S/C9H6N4/c10-6-2-4-8-3-1-5-9(7-8)12-13-11/h1-5,7H. The zero-order valence-corrected chi connectivity index (χ0v) is 6.75. The zero-order chi connectivity index (χ0) is 9.52. The van der Waals surface area contributed by atoms with Crippen molar-refractivity contribution in [2.24, 2.45) is 5.11 Å². The number of nitrogens with zero attached hydrogens (tertiary/aromatic N) is 4. The summed E-state index contributed by atoms with van der Waals surface area (Å²) in [7, 11) is 0. The lowest BCUT2D eigenvalue weighted by Crippen LogP contribution is -1.69. The molecule has 0 aliphatic carbocycles. The first-order valence-electron chi connectivity index (χ1n) is 3.58. The Morgan fingerprint density at radius 2 is 2.38 bits per heavy atom. The van der Waals surface area contributed by atoms with Crippen molar-refractivity contribution in [2.45, 2.75) is 0 Å². The van der Waals surface area contributed by atoms with Crippen LogP contribution in [0, 0.1) is 11.3 Å². The summed E-state index contributed by atoms with van der Waals surface area (Å²) < 4.78 is 0. The number of hydrogen-bond acceptors (Lipinski definition) is 2. The predicted molar refractivity (Wildman–Crippen MR) is 49.9 cm³/mol. The van der Waals surface area contributed by atoms with Crippen LogP contribution in [-0.2, 0) is 0 Å². The van der Waals surface area contributed by atoms with Gasteiger partial charge in [0.1, 0.15) is 0 Å². The topological polar surface area (TPSA) is 72.5 Å². The van der Waals surface area contributed by atoms with Gasteiger partial charge in [0.2, 0.25) is 0 Å². The normalized spacial score (nSPS) is 9.15. The van der Waals surface area contributed by atoms with Crippen molar-refractivity contribution in [3.8, 4) is 6.07 Å². The third-order valence-corrected chi connectivity index (χ3v) is 1.38. The second-order valence-electron chi connectivity index (χ2n) is 2.25. The van der Waals surface area contributed by atoms with Crippen LogP contribution in [-0.4, -0.2) is 0 Å². The molecule has 0 N–H and O–H groups in total. The van der Waals surface area contributed by atoms with Gasteiger partial charge in [-0.05, 0) is 23.2 Å². The van der Waals surface area contributed by atoms with Gasteiger partial charge < -0.3 is 0 Å². The molecule has 0 radical (unpaired) electrons. The molecule has 0 aliphatic heterocycles. The summed E-state index contributed by atoms with van der Waals surface area (Å²) in [6.07, 6.45) is 3.02. The molecule has 1 aromatic rings. The van der Waals surface area contributed by atoms with Crippen LogP contribution in [0.5, 0.6) is 0 Å². The quantitative estimate of drug-likeness (QED) is 0.290. The Balaban J connectivity index is 2.99. The van der Waals surface area contributed by atoms with Crippen LogP contribution in [0.1, 0.15) is 5.56 Å². The first-order valence-corrected chi connectivity index (χ1v) is 3.58. The van der Waals surface area contributed by atoms with Gasteiger partial charge in [0.25, 0.3) is 0 Å². The smallest absolute Gasteiger partial charge is 0.0912 e. The minimum Gasteiger partial charge on any atom is -0.193 e. The molecule has 0 saturated heterocycles. The van der Waals surface area contributed by atoms with Crippen LogP contribution in [0.2, 0.25) is 0 Å². The van der Waals surface area contributed by atoms with Crippen molar-refractivity contribution >= 4 is 11.8 Å². The van der Waals surface area contributed by atoms with Gasteiger partial charge in [-0.3, -0.25) is 0 Å². The van der Waals surface area contributed by atoms with Gasteiger partial charge in [-0.25, -0.2) is 0 Å². The van der Waals surface area contributed by atoms with E-state index in [9.17, 15) is 0 Å². The van der Waals surface area contributed by atoms with Crippen molar-refractivity contribution in [1.29, 1.82) is 5.26 Å². The third-order valence-electron chi connectivity index (χ3n) is 1.38. The molecule has 0 bridgehead atoms. The summed E-state index contributed by atoms with van der Waals surface area (Å²) in [6, 6.07) is 8.87. The van der Waals surface area contributed by atoms with Crippen molar-refractivity contribution in [1.82, 2.24) is 0 Å². The van der Waals surface area contributed by atoms with Crippen molar-refractivity contribution in [3.05, 3.63) is 46.3 Å². The fraction of sp³-hybridized carbons (Fsp3) is 0. The summed E-state index contributed by atoms with van der Waals surface area (Å²) >= 11 is 0. The minimum atomic E-state index is 0.544. The lowest BCUT2D eigenvalue weighted by atomic mass is 10.2. The van der Waals surface area contributed by atoms with E-state index in [1.54, 1.807) is 24.3 Å². The Morgan fingerprint density at radius 1 is 1.54 bits per heavy atom. The van der Waals surface area contributed by atoms with Crippen LogP contribution in [0.3, 0.4) is 0 Å². The molecule has 0 aromatic heterocycles. The van der Waals surface area contributed by atoms with Crippen LogP contribution in [0.25, 0.3) is 16.5 Å². The monoisotopic (exact) mass is 170 g/mol. The van der Waals surface area contributed by atoms with Gasteiger partial charge >= 0.3 is 0 Å². The van der Waals surface area contributed by atoms with Crippen LogP contribution in [0.15, 0.2) is 35.5 Å². The number of allylic oxidation sites excluding steroid dienone is 1. The van der Waals surface area contributed by atoms with Gasteiger partial charge in [0.15, 0.2) is 0 Å². The lowest BCUT2D eigenvalue weighted by Gasteiger charge is -1.93. The fourth-order valence-corrected chi connectivity index (χ4v) is 0.876. The van der Waals surface area contributed by atoms with Crippen molar-refractivity contribution in [2.75, 3.05) is 0 Å². The molecule has 4 nitrogen and oxygen atoms in total. The number of nitriles is 1. The molecule has 0 heterocycles. The van der Waals surface area contributed by atoms with Gasteiger partial charge in [-0.1, -0.05) is 23.3 Å². The first kappa shape index (κ1) is 8.85. The van der Waals surface area contributed by atoms with E-state index in [2.05, 4.69) is 10.0 Å². The average Bonchev–Trinajstić information content (AvgIpc) is 2.16. The Morgan fingerprint density at radius 3 is 3.08 bits per heavy atom. The molecule has 1 rings (SSSR count). The Bertz CT molecular complexity index is 408. The molecule has 0 amide bonds. The molecule has 62 valence electrons. The molecular formula is C9H6N4. The van der Waals surface area contributed by atoms with Gasteiger partial charge in [0.05, 0.1) is 6.07 Å². The second-order valence-corrected chi connectivity index (χ2v) is 2.25. The second kappa shape index (κ2) is 4.60. The summed E-state index contributed by atoms with van der Waals surface area (Å²) in [4.78, 5) is 2.66. The highest BCUT2D eigenvalue weighted by molar-refractivity contribution is 5.56. The van der Waals surface area contributed by atoms with Gasteiger partial charge in [-0.2, -0.15) is 5.26 Å². The fourth-order valence-electron chi connectivity index (χ4n) is 0.876. The number of rotatable bonds is 2. The molecule has 13 heavy (non-hydrogen) atoms. The molecule has 4 heteroatoms. The molecule has 0 saturated carbocycles. The molecule has 1 aromatic carbocycles. The van der Waals surface area contributed by atoms with Crippen molar-refractivity contribution in [3.63, 3.8) is 0 Å². The SMILES string of the molecule is N#CC=Cc1cccc(N=[N+]=[N-])c1. The van der Waals surface area contributed by atoms with E-state index in [0.717, 1.165) is 5.56 Å². The predicted octanol–water partition coefficient (Wildman–Crippen LogP) is 3.17. The average molecular weight is 170 g/mol. The zero-order valence-electron chi connectivity index (χ0n) is 6.75. The van der Waals surface area contributed by atoms with E-state index in [1.165, 1.54) is 6.08 Å². The number of azide groups is 1. The summed E-state index contributed by atoms with van der Waals surface area (Å²) in [6.45, 7) is 0. The molecule has 0 spiro atoms. The Kier molecular flexibility index (Phi) is 3.13. The van der Waals surface area contributed by atoms with Crippen LogP contribution < -0.4 is 0 Å². The highest BCUT2D eigenvalue weighted by Gasteiger charge is 1.88. The third kappa shape index (κ3) is 2.70. The molecule has 0 aliphatic rings. The molecule has 0 unspecified atom stereocenters. The van der Waals surface area contributed by atoms with Gasteiger partial charge in [0, 0.05) is 16.7 Å². The molecule has 0 fully saturated rings. The summed E-state index contributed by atoms with van der Waals surface area (Å²) in [5, 5.41) is 11.7. The van der Waals surface area contributed by atoms with Crippen LogP contribution >= 0.6 is 0 Å². The van der Waals surface area contributed by atoms with E-state index >= 15 is 0 Å². The highest BCUT2D eigenvalue weighted by Crippen LogP contribution is 2.14. The number of benzene rings is 1. The maximum atomic E-state index is 8.28. The van der Waals surface area contributed by atoms with E-state index in [1.807, 2.05) is 12.1 Å². The Hall–Kier alpha value is -2.24. The highest BCUT2D eigenvalue weighted by atomic mass is 15.1. The molecular weight excluding hydrogens is 164 g/mol. The molecule has 0 atom stereocenters. The largest absolute Gasteiger partial charge is 0.193 e. The summed E-state index contributed by atoms with van der Waals surface area (Å²) in [5.74, 6) is 0. The lowest BCUT2D eigenvalue weighted by molar-refractivity contribution is 1.47. The minimum absolute atomic E-state index is 0.544. The number of hydrogen-bond donors (Lipinski definition) is 0. The van der Waals surface area contributed by atoms with E-state index < -0.39 is 0 Å². The van der Waals surface area contributed by atoms with Gasteiger partial charge in [-0.15, -0.1) is 0 Å².